The molecule has 0 bridgehead atoms. The minimum atomic E-state index is -3.93. The summed E-state index contributed by atoms with van der Waals surface area (Å²) >= 11 is 5.76. The monoisotopic (exact) mass is 408 g/mol. The molecular weight excluding hydrogens is 392 g/mol. The third kappa shape index (κ3) is 6.19. The number of halogens is 1. The molecule has 2 aromatic rings. The lowest BCUT2D eigenvalue weighted by Gasteiger charge is -2.08. The molecule has 2 aromatic carbocycles. The second kappa shape index (κ2) is 8.79. The molecule has 142 valence electrons. The number of hydrogen-bond acceptors (Lipinski definition) is 5. The molecule has 0 spiro atoms. The van der Waals surface area contributed by atoms with Gasteiger partial charge in [0, 0.05) is 36.0 Å². The van der Waals surface area contributed by atoms with E-state index in [0.717, 1.165) is 6.92 Å². The molecule has 0 aliphatic carbocycles. The largest absolute Gasteiger partial charge is 0.326 e. The standard InChI is InChI=1S/C18H17ClN2O5S/c1-12(22)21-27(25,26)16-8-6-15(7-9-16)20-18(24)11-10-17(23)13-2-4-14(19)5-3-13/h2-9H,10-11H2,1H3,(H,20,24)(H,21,22). The maximum atomic E-state index is 12.0. The zero-order valence-corrected chi connectivity index (χ0v) is 15.9. The van der Waals surface area contributed by atoms with Gasteiger partial charge in [0.05, 0.1) is 4.90 Å². The van der Waals surface area contributed by atoms with Crippen molar-refractivity contribution in [1.82, 2.24) is 4.72 Å². The highest BCUT2D eigenvalue weighted by atomic mass is 35.5. The van der Waals surface area contributed by atoms with Gasteiger partial charge in [0.15, 0.2) is 5.78 Å². The van der Waals surface area contributed by atoms with Gasteiger partial charge < -0.3 is 5.32 Å². The van der Waals surface area contributed by atoms with Crippen LogP contribution in [0, 0.1) is 0 Å². The second-order valence-electron chi connectivity index (χ2n) is 5.66. The molecular formula is C18H17ClN2O5S. The molecule has 0 saturated heterocycles. The van der Waals surface area contributed by atoms with Crippen LogP contribution in [-0.2, 0) is 19.6 Å². The van der Waals surface area contributed by atoms with Gasteiger partial charge in [0.25, 0.3) is 10.0 Å². The highest BCUT2D eigenvalue weighted by Crippen LogP contribution is 2.15. The average molecular weight is 409 g/mol. The predicted molar refractivity (Wildman–Crippen MR) is 101 cm³/mol. The van der Waals surface area contributed by atoms with Crippen molar-refractivity contribution in [3.8, 4) is 0 Å². The number of benzene rings is 2. The zero-order chi connectivity index (χ0) is 20.0. The van der Waals surface area contributed by atoms with Crippen LogP contribution < -0.4 is 10.0 Å². The van der Waals surface area contributed by atoms with E-state index in [4.69, 9.17) is 11.6 Å². The van der Waals surface area contributed by atoms with Crippen LogP contribution in [0.15, 0.2) is 53.4 Å². The molecule has 0 fully saturated rings. The molecule has 0 atom stereocenters. The van der Waals surface area contributed by atoms with Gasteiger partial charge in [-0.15, -0.1) is 0 Å². The van der Waals surface area contributed by atoms with Gasteiger partial charge in [-0.05, 0) is 48.5 Å². The normalized spacial score (nSPS) is 10.9. The van der Waals surface area contributed by atoms with Crippen LogP contribution in [0.3, 0.4) is 0 Å². The Morgan fingerprint density at radius 3 is 2.07 bits per heavy atom. The van der Waals surface area contributed by atoms with Crippen LogP contribution in [0.1, 0.15) is 30.1 Å². The molecule has 0 radical (unpaired) electrons. The van der Waals surface area contributed by atoms with E-state index in [1.165, 1.54) is 24.3 Å². The Kier molecular flexibility index (Phi) is 6.70. The number of Topliss-reactive ketones (excluding diaryl/α,β-unsaturated/α-hetero) is 1. The van der Waals surface area contributed by atoms with E-state index in [1.54, 1.807) is 24.3 Å². The van der Waals surface area contributed by atoms with Crippen molar-refractivity contribution in [2.24, 2.45) is 0 Å². The molecule has 0 heterocycles. The van der Waals surface area contributed by atoms with Gasteiger partial charge in [0.2, 0.25) is 11.8 Å². The maximum Gasteiger partial charge on any atom is 0.264 e. The summed E-state index contributed by atoms with van der Waals surface area (Å²) in [6.45, 7) is 1.09. The van der Waals surface area contributed by atoms with Gasteiger partial charge in [-0.2, -0.15) is 0 Å². The Hall–Kier alpha value is -2.71. The SMILES string of the molecule is CC(=O)NS(=O)(=O)c1ccc(NC(=O)CCC(=O)c2ccc(Cl)cc2)cc1. The first kappa shape index (κ1) is 20.6. The van der Waals surface area contributed by atoms with Crippen LogP contribution in [0.25, 0.3) is 0 Å². The lowest BCUT2D eigenvalue weighted by Crippen LogP contribution is -2.28. The molecule has 2 rings (SSSR count). The van der Waals surface area contributed by atoms with Crippen LogP contribution in [0.2, 0.25) is 5.02 Å². The smallest absolute Gasteiger partial charge is 0.264 e. The molecule has 7 nitrogen and oxygen atoms in total. The number of carbonyl (C=O) groups is 3. The van der Waals surface area contributed by atoms with Crippen molar-refractivity contribution in [2.45, 2.75) is 24.7 Å². The Morgan fingerprint density at radius 2 is 1.52 bits per heavy atom. The van der Waals surface area contributed by atoms with E-state index < -0.39 is 15.9 Å². The van der Waals surface area contributed by atoms with E-state index in [2.05, 4.69) is 5.32 Å². The molecule has 2 amide bonds. The molecule has 9 heteroatoms. The second-order valence-corrected chi connectivity index (χ2v) is 7.78. The molecule has 0 aliphatic heterocycles. The van der Waals surface area contributed by atoms with Crippen LogP contribution in [0.5, 0.6) is 0 Å². The Bertz CT molecular complexity index is 954. The van der Waals surface area contributed by atoms with E-state index in [0.29, 0.717) is 16.3 Å². The van der Waals surface area contributed by atoms with Crippen LogP contribution in [-0.4, -0.2) is 26.0 Å². The summed E-state index contributed by atoms with van der Waals surface area (Å²) < 4.78 is 25.5. The minimum absolute atomic E-state index is 0.0204. The molecule has 27 heavy (non-hydrogen) atoms. The Labute approximate surface area is 161 Å². The molecule has 0 saturated carbocycles. The van der Waals surface area contributed by atoms with Crippen molar-refractivity contribution in [2.75, 3.05) is 5.32 Å². The Balaban J connectivity index is 1.91. The molecule has 0 unspecified atom stereocenters. The number of rotatable bonds is 7. The van der Waals surface area contributed by atoms with Crippen LogP contribution >= 0.6 is 11.6 Å². The average Bonchev–Trinajstić information content (AvgIpc) is 2.59. The van der Waals surface area contributed by atoms with Gasteiger partial charge in [-0.3, -0.25) is 14.4 Å². The predicted octanol–water partition coefficient (Wildman–Crippen LogP) is 2.77. The fourth-order valence-corrected chi connectivity index (χ4v) is 3.31. The number of hydrogen-bond donors (Lipinski definition) is 2. The minimum Gasteiger partial charge on any atom is -0.326 e. The van der Waals surface area contributed by atoms with Crippen molar-refractivity contribution in [3.05, 3.63) is 59.1 Å². The summed E-state index contributed by atoms with van der Waals surface area (Å²) in [6.07, 6.45) is 0.00978. The van der Waals surface area contributed by atoms with E-state index in [1.807, 2.05) is 4.72 Å². The third-order valence-electron chi connectivity index (χ3n) is 3.47. The first-order chi connectivity index (χ1) is 12.7. The highest BCUT2D eigenvalue weighted by Gasteiger charge is 2.15. The number of amides is 2. The topological polar surface area (TPSA) is 109 Å². The number of nitrogens with one attached hydrogen (secondary N) is 2. The summed E-state index contributed by atoms with van der Waals surface area (Å²) in [7, 11) is -3.93. The zero-order valence-electron chi connectivity index (χ0n) is 14.4. The van der Waals surface area contributed by atoms with Gasteiger partial charge in [0.1, 0.15) is 0 Å². The fraction of sp³-hybridized carbons (Fsp3) is 0.167. The summed E-state index contributed by atoms with van der Waals surface area (Å²) in [5, 5.41) is 3.10. The van der Waals surface area contributed by atoms with Crippen LogP contribution in [0.4, 0.5) is 5.69 Å². The molecule has 0 aliphatic rings. The Morgan fingerprint density at radius 1 is 0.926 bits per heavy atom. The summed E-state index contributed by atoms with van der Waals surface area (Å²) in [5.74, 6) is -1.26. The molecule has 0 aromatic heterocycles. The summed E-state index contributed by atoms with van der Waals surface area (Å²) in [6, 6.07) is 11.7. The number of ketones is 1. The van der Waals surface area contributed by atoms with Crippen molar-refractivity contribution in [3.63, 3.8) is 0 Å². The molecule has 2 N–H and O–H groups in total. The maximum absolute atomic E-state index is 12.0. The van der Waals surface area contributed by atoms with E-state index >= 15 is 0 Å². The highest BCUT2D eigenvalue weighted by molar-refractivity contribution is 7.90. The number of anilines is 1. The van der Waals surface area contributed by atoms with Crippen molar-refractivity contribution in [1.29, 1.82) is 0 Å². The fourth-order valence-electron chi connectivity index (χ4n) is 2.20. The van der Waals surface area contributed by atoms with Gasteiger partial charge in [-0.25, -0.2) is 13.1 Å². The third-order valence-corrected chi connectivity index (χ3v) is 5.17. The van der Waals surface area contributed by atoms with Crippen molar-refractivity contribution < 1.29 is 22.8 Å². The van der Waals surface area contributed by atoms with Gasteiger partial charge in [-0.1, -0.05) is 11.6 Å². The van der Waals surface area contributed by atoms with E-state index in [-0.39, 0.29) is 29.4 Å². The van der Waals surface area contributed by atoms with E-state index in [9.17, 15) is 22.8 Å². The number of sulfonamides is 1. The lowest BCUT2D eigenvalue weighted by molar-refractivity contribution is -0.117. The van der Waals surface area contributed by atoms with Crippen molar-refractivity contribution >= 4 is 44.9 Å². The summed E-state index contributed by atoms with van der Waals surface area (Å²) in [4.78, 5) is 34.8. The quantitative estimate of drug-likeness (QED) is 0.684. The lowest BCUT2D eigenvalue weighted by atomic mass is 10.1. The first-order valence-electron chi connectivity index (χ1n) is 7.89. The first-order valence-corrected chi connectivity index (χ1v) is 9.75. The summed E-state index contributed by atoms with van der Waals surface area (Å²) in [5.41, 5.74) is 0.848. The van der Waals surface area contributed by atoms with Gasteiger partial charge >= 0.3 is 0 Å². The number of carbonyl (C=O) groups excluding carboxylic acids is 3.